The van der Waals surface area contributed by atoms with Crippen LogP contribution in [0.5, 0.6) is 0 Å². The Kier molecular flexibility index (Phi) is 3.23. The minimum atomic E-state index is -0.384. The first-order valence-corrected chi connectivity index (χ1v) is 5.37. The first-order chi connectivity index (χ1) is 8.16. The summed E-state index contributed by atoms with van der Waals surface area (Å²) in [4.78, 5) is 25.2. The molecular weight excluding hydrogens is 218 g/mol. The summed E-state index contributed by atoms with van der Waals surface area (Å²) in [5, 5.41) is 1.01. The van der Waals surface area contributed by atoms with E-state index in [0.717, 1.165) is 16.5 Å². The van der Waals surface area contributed by atoms with Gasteiger partial charge in [0.05, 0.1) is 6.42 Å². The third-order valence-electron chi connectivity index (χ3n) is 2.45. The molecule has 0 aliphatic rings. The molecule has 2 aromatic rings. The minimum Gasteiger partial charge on any atom is -0.457 e. The van der Waals surface area contributed by atoms with Crippen LogP contribution >= 0.6 is 0 Å². The maximum Gasteiger partial charge on any atom is 0.310 e. The van der Waals surface area contributed by atoms with E-state index in [1.807, 2.05) is 24.3 Å². The predicted molar refractivity (Wildman–Crippen MR) is 63.6 cm³/mol. The van der Waals surface area contributed by atoms with Crippen LogP contribution in [0.3, 0.4) is 0 Å². The molecule has 1 aromatic carbocycles. The van der Waals surface area contributed by atoms with E-state index in [1.165, 1.54) is 6.92 Å². The number of rotatable bonds is 4. The summed E-state index contributed by atoms with van der Waals surface area (Å²) < 4.78 is 4.82. The van der Waals surface area contributed by atoms with Crippen molar-refractivity contribution in [3.63, 3.8) is 0 Å². The van der Waals surface area contributed by atoms with E-state index in [1.54, 1.807) is 6.20 Å². The molecule has 0 saturated carbocycles. The van der Waals surface area contributed by atoms with Crippen molar-refractivity contribution in [2.24, 2.45) is 0 Å². The SMILES string of the molecule is CC(=O)COC(=O)Cc1c[nH]c2ccccc12. The van der Waals surface area contributed by atoms with Gasteiger partial charge in [0.25, 0.3) is 0 Å². The molecule has 0 atom stereocenters. The van der Waals surface area contributed by atoms with Crippen LogP contribution < -0.4 is 0 Å². The molecule has 17 heavy (non-hydrogen) atoms. The fourth-order valence-electron chi connectivity index (χ4n) is 1.67. The number of ether oxygens (including phenoxy) is 1. The van der Waals surface area contributed by atoms with Crippen molar-refractivity contribution >= 4 is 22.7 Å². The number of carbonyl (C=O) groups is 2. The Hall–Kier alpha value is -2.10. The molecule has 1 heterocycles. The highest BCUT2D eigenvalue weighted by Gasteiger charge is 2.10. The van der Waals surface area contributed by atoms with Gasteiger partial charge in [-0.1, -0.05) is 18.2 Å². The highest BCUT2D eigenvalue weighted by atomic mass is 16.5. The van der Waals surface area contributed by atoms with Gasteiger partial charge in [-0.05, 0) is 18.6 Å². The number of hydrogen-bond donors (Lipinski definition) is 1. The average Bonchev–Trinajstić information content (AvgIpc) is 2.70. The molecule has 4 nitrogen and oxygen atoms in total. The Bertz CT molecular complexity index is 557. The van der Waals surface area contributed by atoms with E-state index in [-0.39, 0.29) is 24.8 Å². The predicted octanol–water partition coefficient (Wildman–Crippen LogP) is 1.84. The summed E-state index contributed by atoms with van der Waals surface area (Å²) in [5.74, 6) is -0.540. The standard InChI is InChI=1S/C13H13NO3/c1-9(15)8-17-13(16)6-10-7-14-12-5-3-2-4-11(10)12/h2-5,7,14H,6,8H2,1H3. The molecule has 0 amide bonds. The van der Waals surface area contributed by atoms with E-state index in [9.17, 15) is 9.59 Å². The Morgan fingerprint density at radius 1 is 1.29 bits per heavy atom. The zero-order valence-corrected chi connectivity index (χ0v) is 9.53. The number of aromatic nitrogens is 1. The van der Waals surface area contributed by atoms with E-state index >= 15 is 0 Å². The van der Waals surface area contributed by atoms with Gasteiger partial charge in [-0.15, -0.1) is 0 Å². The third kappa shape index (κ3) is 2.72. The fourth-order valence-corrected chi connectivity index (χ4v) is 1.67. The highest BCUT2D eigenvalue weighted by molar-refractivity contribution is 5.88. The molecule has 0 saturated heterocycles. The molecule has 0 unspecified atom stereocenters. The average molecular weight is 231 g/mol. The fraction of sp³-hybridized carbons (Fsp3) is 0.231. The van der Waals surface area contributed by atoms with Crippen molar-refractivity contribution in [2.45, 2.75) is 13.3 Å². The smallest absolute Gasteiger partial charge is 0.310 e. The Balaban J connectivity index is 2.08. The lowest BCUT2D eigenvalue weighted by molar-refractivity contribution is -0.146. The highest BCUT2D eigenvalue weighted by Crippen LogP contribution is 2.18. The van der Waals surface area contributed by atoms with Crippen LogP contribution in [0.4, 0.5) is 0 Å². The van der Waals surface area contributed by atoms with Gasteiger partial charge in [0.1, 0.15) is 6.61 Å². The molecule has 0 aliphatic carbocycles. The summed E-state index contributed by atoms with van der Waals surface area (Å²) in [5.41, 5.74) is 1.87. The van der Waals surface area contributed by atoms with E-state index in [2.05, 4.69) is 4.98 Å². The van der Waals surface area contributed by atoms with Gasteiger partial charge in [0.2, 0.25) is 0 Å². The van der Waals surface area contributed by atoms with Crippen LogP contribution in [0.1, 0.15) is 12.5 Å². The topological polar surface area (TPSA) is 59.2 Å². The lowest BCUT2D eigenvalue weighted by atomic mass is 10.1. The zero-order chi connectivity index (χ0) is 12.3. The summed E-state index contributed by atoms with van der Waals surface area (Å²) >= 11 is 0. The number of H-pyrrole nitrogens is 1. The number of hydrogen-bond acceptors (Lipinski definition) is 3. The summed E-state index contributed by atoms with van der Waals surface area (Å²) in [6.07, 6.45) is 1.97. The molecule has 0 bridgehead atoms. The normalized spacial score (nSPS) is 10.4. The monoisotopic (exact) mass is 231 g/mol. The number of benzene rings is 1. The quantitative estimate of drug-likeness (QED) is 0.817. The Morgan fingerprint density at radius 2 is 2.06 bits per heavy atom. The number of Topliss-reactive ketones (excluding diaryl/α,β-unsaturated/α-hetero) is 1. The number of para-hydroxylation sites is 1. The molecule has 1 aromatic heterocycles. The number of fused-ring (bicyclic) bond motifs is 1. The zero-order valence-electron chi connectivity index (χ0n) is 9.53. The van der Waals surface area contributed by atoms with Crippen LogP contribution in [0.25, 0.3) is 10.9 Å². The number of aromatic amines is 1. The van der Waals surface area contributed by atoms with Crippen molar-refractivity contribution in [2.75, 3.05) is 6.61 Å². The van der Waals surface area contributed by atoms with Gasteiger partial charge < -0.3 is 9.72 Å². The van der Waals surface area contributed by atoms with Crippen LogP contribution in [0, 0.1) is 0 Å². The van der Waals surface area contributed by atoms with Crippen LogP contribution in [0.2, 0.25) is 0 Å². The lowest BCUT2D eigenvalue weighted by Gasteiger charge is -2.01. The largest absolute Gasteiger partial charge is 0.457 e. The van der Waals surface area contributed by atoms with Crippen molar-refractivity contribution in [3.05, 3.63) is 36.0 Å². The molecule has 4 heteroatoms. The number of carbonyl (C=O) groups excluding carboxylic acids is 2. The summed E-state index contributed by atoms with van der Waals surface area (Å²) in [6.45, 7) is 1.24. The van der Waals surface area contributed by atoms with Crippen LogP contribution in [0.15, 0.2) is 30.5 Å². The van der Waals surface area contributed by atoms with Gasteiger partial charge >= 0.3 is 5.97 Å². The minimum absolute atomic E-state index is 0.152. The van der Waals surface area contributed by atoms with Gasteiger partial charge in [-0.3, -0.25) is 9.59 Å². The van der Waals surface area contributed by atoms with Crippen LogP contribution in [-0.4, -0.2) is 23.3 Å². The van der Waals surface area contributed by atoms with Crippen molar-refractivity contribution < 1.29 is 14.3 Å². The van der Waals surface area contributed by atoms with Gasteiger partial charge in [-0.2, -0.15) is 0 Å². The second-order valence-electron chi connectivity index (χ2n) is 3.90. The van der Waals surface area contributed by atoms with Crippen molar-refractivity contribution in [3.8, 4) is 0 Å². The number of esters is 1. The van der Waals surface area contributed by atoms with Crippen molar-refractivity contribution in [1.82, 2.24) is 4.98 Å². The molecule has 0 fully saturated rings. The van der Waals surface area contributed by atoms with Gasteiger partial charge in [-0.25, -0.2) is 0 Å². The second-order valence-corrected chi connectivity index (χ2v) is 3.90. The maximum atomic E-state index is 11.5. The molecule has 2 rings (SSSR count). The molecule has 0 spiro atoms. The Labute approximate surface area is 98.6 Å². The maximum absolute atomic E-state index is 11.5. The summed E-state index contributed by atoms with van der Waals surface area (Å²) in [7, 11) is 0. The number of ketones is 1. The molecule has 1 N–H and O–H groups in total. The second kappa shape index (κ2) is 4.82. The molecular formula is C13H13NO3. The third-order valence-corrected chi connectivity index (χ3v) is 2.45. The molecule has 0 aliphatic heterocycles. The van der Waals surface area contributed by atoms with Crippen molar-refractivity contribution in [1.29, 1.82) is 0 Å². The molecule has 88 valence electrons. The van der Waals surface area contributed by atoms with Gasteiger partial charge in [0.15, 0.2) is 5.78 Å². The van der Waals surface area contributed by atoms with E-state index < -0.39 is 0 Å². The van der Waals surface area contributed by atoms with Crippen LogP contribution in [-0.2, 0) is 20.7 Å². The number of nitrogens with one attached hydrogen (secondary N) is 1. The lowest BCUT2D eigenvalue weighted by Crippen LogP contribution is -2.13. The first-order valence-electron chi connectivity index (χ1n) is 5.37. The van der Waals surface area contributed by atoms with E-state index in [0.29, 0.717) is 0 Å². The summed E-state index contributed by atoms with van der Waals surface area (Å²) in [6, 6.07) is 7.73. The van der Waals surface area contributed by atoms with Gasteiger partial charge in [0, 0.05) is 17.1 Å². The Morgan fingerprint density at radius 3 is 2.82 bits per heavy atom. The first kappa shape index (κ1) is 11.4. The molecule has 0 radical (unpaired) electrons. The van der Waals surface area contributed by atoms with E-state index in [4.69, 9.17) is 4.74 Å².